The average molecular weight is 315 g/mol. The molecule has 0 saturated carbocycles. The van der Waals surface area contributed by atoms with E-state index < -0.39 is 6.04 Å². The van der Waals surface area contributed by atoms with Gasteiger partial charge in [0, 0.05) is 23.4 Å². The SMILES string of the molecule is CCOC(=O)C1CSCCN1C(=O)Cc1csc(N)n1. The van der Waals surface area contributed by atoms with Crippen LogP contribution in [0.3, 0.4) is 0 Å². The monoisotopic (exact) mass is 315 g/mol. The van der Waals surface area contributed by atoms with E-state index in [4.69, 9.17) is 10.5 Å². The molecule has 1 aliphatic heterocycles. The number of thioether (sulfide) groups is 1. The molecule has 1 aliphatic rings. The van der Waals surface area contributed by atoms with Crippen molar-refractivity contribution in [2.75, 3.05) is 30.4 Å². The molecule has 1 aromatic heterocycles. The second-order valence-corrected chi connectivity index (χ2v) is 6.32. The van der Waals surface area contributed by atoms with Gasteiger partial charge in [0.2, 0.25) is 5.91 Å². The van der Waals surface area contributed by atoms with Gasteiger partial charge in [0.15, 0.2) is 5.13 Å². The summed E-state index contributed by atoms with van der Waals surface area (Å²) in [6.45, 7) is 2.65. The Bertz CT molecular complexity index is 492. The molecule has 1 amide bonds. The summed E-state index contributed by atoms with van der Waals surface area (Å²) in [6, 6.07) is -0.489. The fraction of sp³-hybridized carbons (Fsp3) is 0.583. The fourth-order valence-electron chi connectivity index (χ4n) is 2.00. The molecule has 8 heteroatoms. The molecule has 2 rings (SSSR count). The molecular formula is C12H17N3O3S2. The third-order valence-electron chi connectivity index (χ3n) is 2.91. The molecule has 0 spiro atoms. The smallest absolute Gasteiger partial charge is 0.329 e. The van der Waals surface area contributed by atoms with Crippen molar-refractivity contribution in [1.29, 1.82) is 0 Å². The van der Waals surface area contributed by atoms with Crippen LogP contribution in [0.15, 0.2) is 5.38 Å². The van der Waals surface area contributed by atoms with Crippen molar-refractivity contribution in [2.45, 2.75) is 19.4 Å². The number of esters is 1. The summed E-state index contributed by atoms with van der Waals surface area (Å²) in [5.74, 6) is 0.990. The lowest BCUT2D eigenvalue weighted by molar-refractivity contribution is -0.153. The minimum atomic E-state index is -0.489. The number of hydrogen-bond acceptors (Lipinski definition) is 7. The van der Waals surface area contributed by atoms with Gasteiger partial charge in [0.25, 0.3) is 0 Å². The van der Waals surface area contributed by atoms with Crippen LogP contribution in [0.4, 0.5) is 5.13 Å². The highest BCUT2D eigenvalue weighted by molar-refractivity contribution is 7.99. The number of aromatic nitrogens is 1. The number of nitrogens with two attached hydrogens (primary N) is 1. The summed E-state index contributed by atoms with van der Waals surface area (Å²) in [5.41, 5.74) is 6.20. The predicted molar refractivity (Wildman–Crippen MR) is 79.7 cm³/mol. The Morgan fingerprint density at radius 2 is 2.40 bits per heavy atom. The summed E-state index contributed by atoms with van der Waals surface area (Å²) < 4.78 is 5.04. The molecule has 2 heterocycles. The first-order valence-electron chi connectivity index (χ1n) is 6.35. The largest absolute Gasteiger partial charge is 0.464 e. The molecule has 1 unspecified atom stereocenters. The summed E-state index contributed by atoms with van der Waals surface area (Å²) >= 11 is 2.97. The summed E-state index contributed by atoms with van der Waals surface area (Å²) in [4.78, 5) is 29.9. The van der Waals surface area contributed by atoms with E-state index in [2.05, 4.69) is 4.98 Å². The van der Waals surface area contributed by atoms with Crippen LogP contribution >= 0.6 is 23.1 Å². The average Bonchev–Trinajstić information content (AvgIpc) is 2.84. The summed E-state index contributed by atoms with van der Waals surface area (Å²) in [7, 11) is 0. The predicted octanol–water partition coefficient (Wildman–Crippen LogP) is 0.775. The lowest BCUT2D eigenvalue weighted by Crippen LogP contribution is -2.51. The molecule has 0 aliphatic carbocycles. The Morgan fingerprint density at radius 3 is 3.05 bits per heavy atom. The van der Waals surface area contributed by atoms with Gasteiger partial charge in [-0.15, -0.1) is 11.3 Å². The zero-order valence-corrected chi connectivity index (χ0v) is 12.8. The van der Waals surface area contributed by atoms with E-state index in [1.54, 1.807) is 29.0 Å². The molecule has 110 valence electrons. The maximum Gasteiger partial charge on any atom is 0.329 e. The maximum absolute atomic E-state index is 12.3. The maximum atomic E-state index is 12.3. The molecule has 1 fully saturated rings. The Kier molecular flexibility index (Phi) is 5.24. The lowest BCUT2D eigenvalue weighted by atomic mass is 10.2. The van der Waals surface area contributed by atoms with Crippen molar-refractivity contribution in [1.82, 2.24) is 9.88 Å². The lowest BCUT2D eigenvalue weighted by Gasteiger charge is -2.33. The first-order valence-corrected chi connectivity index (χ1v) is 8.39. The highest BCUT2D eigenvalue weighted by Gasteiger charge is 2.33. The molecule has 0 aromatic carbocycles. The number of nitrogen functional groups attached to an aromatic ring is 1. The van der Waals surface area contributed by atoms with Gasteiger partial charge in [0.05, 0.1) is 18.7 Å². The third kappa shape index (κ3) is 3.63. The Balaban J connectivity index is 2.03. The molecular weight excluding hydrogens is 298 g/mol. The number of nitrogens with zero attached hydrogens (tertiary/aromatic N) is 2. The molecule has 1 atom stereocenters. The van der Waals surface area contributed by atoms with Crippen molar-refractivity contribution in [3.8, 4) is 0 Å². The summed E-state index contributed by atoms with van der Waals surface area (Å²) in [5, 5.41) is 2.22. The summed E-state index contributed by atoms with van der Waals surface area (Å²) in [6.07, 6.45) is 0.175. The van der Waals surface area contributed by atoms with Crippen LogP contribution in [0.2, 0.25) is 0 Å². The van der Waals surface area contributed by atoms with E-state index in [9.17, 15) is 9.59 Å². The quantitative estimate of drug-likeness (QED) is 0.826. The number of amides is 1. The number of ether oxygens (including phenoxy) is 1. The third-order valence-corrected chi connectivity index (χ3v) is 4.65. The van der Waals surface area contributed by atoms with Crippen molar-refractivity contribution >= 4 is 40.1 Å². The van der Waals surface area contributed by atoms with Gasteiger partial charge < -0.3 is 15.4 Å². The van der Waals surface area contributed by atoms with Crippen LogP contribution in [-0.2, 0) is 20.7 Å². The number of carbonyl (C=O) groups excluding carboxylic acids is 2. The Hall–Kier alpha value is -1.28. The van der Waals surface area contributed by atoms with E-state index in [1.807, 2.05) is 0 Å². The van der Waals surface area contributed by atoms with Crippen LogP contribution in [-0.4, -0.2) is 52.5 Å². The van der Waals surface area contributed by atoms with Crippen molar-refractivity contribution in [3.05, 3.63) is 11.1 Å². The van der Waals surface area contributed by atoms with E-state index in [-0.39, 0.29) is 18.3 Å². The number of thiazole rings is 1. The van der Waals surface area contributed by atoms with Crippen LogP contribution in [0.1, 0.15) is 12.6 Å². The first kappa shape index (κ1) is 15.1. The Morgan fingerprint density at radius 1 is 1.60 bits per heavy atom. The topological polar surface area (TPSA) is 85.5 Å². The van der Waals surface area contributed by atoms with Gasteiger partial charge in [-0.25, -0.2) is 9.78 Å². The van der Waals surface area contributed by atoms with Gasteiger partial charge in [-0.2, -0.15) is 11.8 Å². The van der Waals surface area contributed by atoms with Crippen LogP contribution in [0.5, 0.6) is 0 Å². The highest BCUT2D eigenvalue weighted by atomic mass is 32.2. The molecule has 1 aromatic rings. The highest BCUT2D eigenvalue weighted by Crippen LogP contribution is 2.20. The Labute approximate surface area is 125 Å². The minimum absolute atomic E-state index is 0.103. The molecule has 20 heavy (non-hydrogen) atoms. The number of rotatable bonds is 4. The van der Waals surface area contributed by atoms with Crippen molar-refractivity contribution < 1.29 is 14.3 Å². The van der Waals surface area contributed by atoms with Gasteiger partial charge in [-0.1, -0.05) is 0 Å². The van der Waals surface area contributed by atoms with Gasteiger partial charge in [-0.05, 0) is 6.92 Å². The normalized spacial score (nSPS) is 18.9. The zero-order valence-electron chi connectivity index (χ0n) is 11.2. The van der Waals surface area contributed by atoms with Gasteiger partial charge in [-0.3, -0.25) is 4.79 Å². The second-order valence-electron chi connectivity index (χ2n) is 4.28. The second kappa shape index (κ2) is 6.94. The molecule has 0 radical (unpaired) electrons. The van der Waals surface area contributed by atoms with E-state index in [0.717, 1.165) is 5.75 Å². The number of hydrogen-bond donors (Lipinski definition) is 1. The standard InChI is InChI=1S/C12H17N3O3S2/c1-2-18-11(17)9-7-19-4-3-15(9)10(16)5-8-6-20-12(13)14-8/h6,9H,2-5,7H2,1H3,(H2,13,14). The van der Waals surface area contributed by atoms with Crippen molar-refractivity contribution in [3.63, 3.8) is 0 Å². The van der Waals surface area contributed by atoms with E-state index in [1.165, 1.54) is 11.3 Å². The molecule has 1 saturated heterocycles. The molecule has 0 bridgehead atoms. The van der Waals surface area contributed by atoms with Gasteiger partial charge in [0.1, 0.15) is 6.04 Å². The van der Waals surface area contributed by atoms with Crippen LogP contribution in [0.25, 0.3) is 0 Å². The molecule has 6 nitrogen and oxygen atoms in total. The van der Waals surface area contributed by atoms with Crippen LogP contribution < -0.4 is 5.73 Å². The zero-order chi connectivity index (χ0) is 14.5. The number of anilines is 1. The minimum Gasteiger partial charge on any atom is -0.464 e. The fourth-order valence-corrected chi connectivity index (χ4v) is 3.59. The molecule has 2 N–H and O–H groups in total. The first-order chi connectivity index (χ1) is 9.61. The van der Waals surface area contributed by atoms with Crippen molar-refractivity contribution in [2.24, 2.45) is 0 Å². The van der Waals surface area contributed by atoms with Crippen LogP contribution in [0, 0.1) is 0 Å². The van der Waals surface area contributed by atoms with E-state index >= 15 is 0 Å². The van der Waals surface area contributed by atoms with Gasteiger partial charge >= 0.3 is 5.97 Å². The number of carbonyl (C=O) groups is 2. The van der Waals surface area contributed by atoms with E-state index in [0.29, 0.717) is 29.7 Å².